The van der Waals surface area contributed by atoms with E-state index in [1.165, 1.54) is 17.7 Å². The normalized spacial score (nSPS) is 23.3. The van der Waals surface area contributed by atoms with Crippen molar-refractivity contribution in [1.82, 2.24) is 5.32 Å². The van der Waals surface area contributed by atoms with Gasteiger partial charge >= 0.3 is 0 Å². The lowest BCUT2D eigenvalue weighted by atomic mass is 10.2. The molecule has 1 heterocycles. The van der Waals surface area contributed by atoms with E-state index < -0.39 is 0 Å². The van der Waals surface area contributed by atoms with Crippen LogP contribution in [0.4, 0.5) is 5.69 Å². The average molecular weight is 307 g/mol. The quantitative estimate of drug-likeness (QED) is 0.874. The third kappa shape index (κ3) is 2.83. The van der Waals surface area contributed by atoms with Gasteiger partial charge in [0.15, 0.2) is 0 Å². The molecule has 1 atom stereocenters. The Bertz CT molecular complexity index is 582. The second kappa shape index (κ2) is 5.78. The van der Waals surface area contributed by atoms with E-state index in [1.807, 2.05) is 13.0 Å². The minimum absolute atomic E-state index is 0.157. The van der Waals surface area contributed by atoms with Gasteiger partial charge in [0.1, 0.15) is 0 Å². The van der Waals surface area contributed by atoms with Crippen LogP contribution in [0.15, 0.2) is 18.2 Å². The first kappa shape index (κ1) is 14.5. The predicted molar refractivity (Wildman–Crippen MR) is 82.5 cm³/mol. The number of benzene rings is 1. The summed E-state index contributed by atoms with van der Waals surface area (Å²) in [6.45, 7) is 1.89. The molecular formula is C16H19ClN2O2. The number of halogens is 1. The van der Waals surface area contributed by atoms with Gasteiger partial charge in [0.2, 0.25) is 5.91 Å². The van der Waals surface area contributed by atoms with Crippen molar-refractivity contribution in [3.63, 3.8) is 0 Å². The highest BCUT2D eigenvalue weighted by Crippen LogP contribution is 2.28. The van der Waals surface area contributed by atoms with Gasteiger partial charge in [0.25, 0.3) is 5.91 Å². The lowest BCUT2D eigenvalue weighted by Crippen LogP contribution is -2.42. The Morgan fingerprint density at radius 3 is 2.62 bits per heavy atom. The molecule has 5 heteroatoms. The maximum atomic E-state index is 12.5. The Morgan fingerprint density at radius 2 is 1.95 bits per heavy atom. The number of nitrogens with zero attached hydrogens (tertiary/aromatic N) is 1. The topological polar surface area (TPSA) is 49.4 Å². The molecule has 1 saturated carbocycles. The van der Waals surface area contributed by atoms with Crippen LogP contribution in [-0.4, -0.2) is 23.9 Å². The number of aryl methyl sites for hydroxylation is 1. The lowest BCUT2D eigenvalue weighted by Gasteiger charge is -2.18. The summed E-state index contributed by atoms with van der Waals surface area (Å²) in [5.74, 6) is -0.317. The fourth-order valence-corrected chi connectivity index (χ4v) is 3.31. The highest BCUT2D eigenvalue weighted by Gasteiger charge is 2.40. The van der Waals surface area contributed by atoms with E-state index in [4.69, 9.17) is 11.6 Å². The zero-order chi connectivity index (χ0) is 15.0. The van der Waals surface area contributed by atoms with Crippen molar-refractivity contribution in [2.24, 2.45) is 0 Å². The molecular weight excluding hydrogens is 288 g/mol. The van der Waals surface area contributed by atoms with Gasteiger partial charge in [-0.25, -0.2) is 4.90 Å². The SMILES string of the molecule is Cc1ccc(N2C(=O)C[C@@H](NC3CCCC3)C2=O)cc1Cl. The van der Waals surface area contributed by atoms with Gasteiger partial charge in [-0.15, -0.1) is 0 Å². The molecule has 2 aliphatic rings. The van der Waals surface area contributed by atoms with E-state index in [2.05, 4.69) is 5.32 Å². The highest BCUT2D eigenvalue weighted by molar-refractivity contribution is 6.32. The molecule has 0 spiro atoms. The van der Waals surface area contributed by atoms with Crippen molar-refractivity contribution in [1.29, 1.82) is 0 Å². The maximum Gasteiger partial charge on any atom is 0.251 e. The zero-order valence-corrected chi connectivity index (χ0v) is 12.8. The molecule has 1 aliphatic heterocycles. The van der Waals surface area contributed by atoms with Crippen LogP contribution in [-0.2, 0) is 9.59 Å². The molecule has 1 N–H and O–H groups in total. The van der Waals surface area contributed by atoms with Crippen molar-refractivity contribution < 1.29 is 9.59 Å². The molecule has 2 fully saturated rings. The summed E-state index contributed by atoms with van der Waals surface area (Å²) in [6.07, 6.45) is 4.82. The van der Waals surface area contributed by atoms with E-state index in [0.29, 0.717) is 16.8 Å². The molecule has 0 aromatic heterocycles. The predicted octanol–water partition coefficient (Wildman–Crippen LogP) is 2.81. The summed E-state index contributed by atoms with van der Waals surface area (Å²) < 4.78 is 0. The molecule has 4 nitrogen and oxygen atoms in total. The van der Waals surface area contributed by atoms with E-state index in [9.17, 15) is 9.59 Å². The van der Waals surface area contributed by atoms with Gasteiger partial charge in [-0.3, -0.25) is 9.59 Å². The molecule has 112 valence electrons. The Hall–Kier alpha value is -1.39. The monoisotopic (exact) mass is 306 g/mol. The molecule has 1 aliphatic carbocycles. The molecule has 0 unspecified atom stereocenters. The standard InChI is InChI=1S/C16H19ClN2O2/c1-10-6-7-12(8-13(10)17)19-15(20)9-14(16(19)21)18-11-4-2-3-5-11/h6-8,11,14,18H,2-5,9H2,1H3/t14-/m1/s1. The van der Waals surface area contributed by atoms with E-state index >= 15 is 0 Å². The van der Waals surface area contributed by atoms with Gasteiger partial charge < -0.3 is 5.32 Å². The number of hydrogen-bond donors (Lipinski definition) is 1. The second-order valence-electron chi connectivity index (χ2n) is 5.91. The summed E-state index contributed by atoms with van der Waals surface area (Å²) in [7, 11) is 0. The first-order valence-electron chi connectivity index (χ1n) is 7.45. The Labute approximate surface area is 129 Å². The second-order valence-corrected chi connectivity index (χ2v) is 6.31. The summed E-state index contributed by atoms with van der Waals surface area (Å²) >= 11 is 6.10. The molecule has 2 amide bonds. The first-order chi connectivity index (χ1) is 10.1. The van der Waals surface area contributed by atoms with Crippen LogP contribution < -0.4 is 10.2 Å². The third-order valence-electron chi connectivity index (χ3n) is 4.35. The van der Waals surface area contributed by atoms with Gasteiger partial charge in [0.05, 0.1) is 18.2 Å². The largest absolute Gasteiger partial charge is 0.303 e. The number of hydrogen-bond acceptors (Lipinski definition) is 3. The third-order valence-corrected chi connectivity index (χ3v) is 4.76. The number of nitrogens with one attached hydrogen (secondary N) is 1. The van der Waals surface area contributed by atoms with Crippen molar-refractivity contribution >= 4 is 29.1 Å². The van der Waals surface area contributed by atoms with Gasteiger partial charge in [0, 0.05) is 11.1 Å². The Kier molecular flexibility index (Phi) is 4.00. The highest BCUT2D eigenvalue weighted by atomic mass is 35.5. The van der Waals surface area contributed by atoms with Crippen molar-refractivity contribution in [3.05, 3.63) is 28.8 Å². The van der Waals surface area contributed by atoms with Crippen LogP contribution in [0.2, 0.25) is 5.02 Å². The Morgan fingerprint density at radius 1 is 1.24 bits per heavy atom. The van der Waals surface area contributed by atoms with Crippen LogP contribution in [0.25, 0.3) is 0 Å². The zero-order valence-electron chi connectivity index (χ0n) is 12.1. The number of carbonyl (C=O) groups excluding carboxylic acids is 2. The molecule has 0 bridgehead atoms. The summed E-state index contributed by atoms with van der Waals surface area (Å²) in [6, 6.07) is 5.27. The summed E-state index contributed by atoms with van der Waals surface area (Å²) in [5, 5.41) is 3.91. The van der Waals surface area contributed by atoms with Crippen LogP contribution in [0.1, 0.15) is 37.7 Å². The molecule has 0 radical (unpaired) electrons. The molecule has 21 heavy (non-hydrogen) atoms. The van der Waals surface area contributed by atoms with Crippen LogP contribution in [0, 0.1) is 6.92 Å². The lowest BCUT2D eigenvalue weighted by molar-refractivity contribution is -0.121. The van der Waals surface area contributed by atoms with Crippen molar-refractivity contribution in [2.75, 3.05) is 4.90 Å². The number of imide groups is 1. The number of anilines is 1. The number of amides is 2. The van der Waals surface area contributed by atoms with Crippen LogP contribution in [0.5, 0.6) is 0 Å². The van der Waals surface area contributed by atoms with Crippen LogP contribution >= 0.6 is 11.6 Å². The minimum atomic E-state index is -0.388. The van der Waals surface area contributed by atoms with E-state index in [1.54, 1.807) is 12.1 Å². The smallest absolute Gasteiger partial charge is 0.251 e. The van der Waals surface area contributed by atoms with Crippen LogP contribution in [0.3, 0.4) is 0 Å². The molecule has 1 aromatic carbocycles. The number of rotatable bonds is 3. The summed E-state index contributed by atoms with van der Waals surface area (Å²) in [4.78, 5) is 25.9. The fraction of sp³-hybridized carbons (Fsp3) is 0.500. The van der Waals surface area contributed by atoms with Gasteiger partial charge in [-0.2, -0.15) is 0 Å². The maximum absolute atomic E-state index is 12.5. The van der Waals surface area contributed by atoms with E-state index in [-0.39, 0.29) is 24.3 Å². The van der Waals surface area contributed by atoms with Crippen molar-refractivity contribution in [2.45, 2.75) is 51.1 Å². The van der Waals surface area contributed by atoms with Crippen molar-refractivity contribution in [3.8, 4) is 0 Å². The number of carbonyl (C=O) groups is 2. The molecule has 1 saturated heterocycles. The molecule has 1 aromatic rings. The van der Waals surface area contributed by atoms with Gasteiger partial charge in [-0.1, -0.05) is 30.5 Å². The molecule has 3 rings (SSSR count). The average Bonchev–Trinajstić information content (AvgIpc) is 3.03. The fourth-order valence-electron chi connectivity index (χ4n) is 3.13. The summed E-state index contributed by atoms with van der Waals surface area (Å²) in [5.41, 5.74) is 1.50. The van der Waals surface area contributed by atoms with Gasteiger partial charge in [-0.05, 0) is 37.5 Å². The van der Waals surface area contributed by atoms with E-state index in [0.717, 1.165) is 18.4 Å². The minimum Gasteiger partial charge on any atom is -0.303 e. The Balaban J connectivity index is 1.78. The first-order valence-corrected chi connectivity index (χ1v) is 7.83.